The molecule has 0 radical (unpaired) electrons. The van der Waals surface area contributed by atoms with Gasteiger partial charge in [-0.3, -0.25) is 0 Å². The summed E-state index contributed by atoms with van der Waals surface area (Å²) in [5, 5.41) is 0. The van der Waals surface area contributed by atoms with Gasteiger partial charge < -0.3 is 15.8 Å². The van der Waals surface area contributed by atoms with Crippen molar-refractivity contribution in [2.45, 2.75) is 0 Å². The molecule has 58 valence electrons. The lowest BCUT2D eigenvalue weighted by molar-refractivity contribution is 0.0503. The molecule has 0 unspecified atom stereocenters. The monoisotopic (exact) mass is 198 g/mol. The van der Waals surface area contributed by atoms with Crippen molar-refractivity contribution in [2.75, 3.05) is 33.4 Å². The van der Waals surface area contributed by atoms with Crippen molar-refractivity contribution in [3.63, 3.8) is 0 Å². The van der Waals surface area contributed by atoms with Gasteiger partial charge in [0.05, 0.1) is 13.2 Å². The van der Waals surface area contributed by atoms with Crippen LogP contribution in [0.1, 0.15) is 0 Å². The third kappa shape index (κ3) is 4.84. The Morgan fingerprint density at radius 2 is 1.67 bits per heavy atom. The Labute approximate surface area is 66.7 Å². The number of hydrogen-bond acceptors (Lipinski definition) is 3. The molecule has 0 aromatic carbocycles. The van der Waals surface area contributed by atoms with E-state index in [9.17, 15) is 0 Å². The van der Waals surface area contributed by atoms with Crippen LogP contribution < -0.4 is 6.15 Å². The average Bonchev–Trinajstić information content (AvgIpc) is 1.69. The zero-order chi connectivity index (χ0) is 5.11. The van der Waals surface area contributed by atoms with Crippen molar-refractivity contribution < 1.29 is 4.74 Å². The molecule has 1 aliphatic heterocycles. The topological polar surface area (TPSA) is 47.5 Å². The maximum Gasteiger partial charge on any atom is 0.0594 e. The minimum atomic E-state index is 0. The molecule has 0 bridgehead atoms. The molecule has 1 aliphatic rings. The van der Waals surface area contributed by atoms with E-state index in [1.165, 1.54) is 0 Å². The smallest absolute Gasteiger partial charge is 0.0594 e. The van der Waals surface area contributed by atoms with Gasteiger partial charge in [-0.1, -0.05) is 0 Å². The Bertz CT molecular complexity index is 56.9. The van der Waals surface area contributed by atoms with E-state index < -0.39 is 0 Å². The molecule has 1 rings (SSSR count). The largest absolute Gasteiger partial charge is 0.379 e. The summed E-state index contributed by atoms with van der Waals surface area (Å²) in [6.45, 7) is 4.02. The molecule has 0 aromatic heterocycles. The van der Waals surface area contributed by atoms with Gasteiger partial charge in [0.2, 0.25) is 0 Å². The number of likely N-dealkylation sites (N-methyl/N-ethyl adjacent to an activating group) is 1. The van der Waals surface area contributed by atoms with Crippen LogP contribution in [0.3, 0.4) is 0 Å². The minimum absolute atomic E-state index is 0. The number of rotatable bonds is 0. The highest BCUT2D eigenvalue weighted by molar-refractivity contribution is 8.93. The molecular weight excluding hydrogens is 184 g/mol. The Kier molecular flexibility index (Phi) is 8.69. The van der Waals surface area contributed by atoms with Crippen LogP contribution in [0.25, 0.3) is 0 Å². The van der Waals surface area contributed by atoms with Crippen LogP contribution >= 0.6 is 17.0 Å². The summed E-state index contributed by atoms with van der Waals surface area (Å²) in [5.74, 6) is 0. The Hall–Kier alpha value is 0.360. The summed E-state index contributed by atoms with van der Waals surface area (Å²) < 4.78 is 5.10. The second-order valence-electron chi connectivity index (χ2n) is 1.92. The van der Waals surface area contributed by atoms with Gasteiger partial charge in [0.1, 0.15) is 0 Å². The van der Waals surface area contributed by atoms with Crippen LogP contribution in [0, 0.1) is 0 Å². The standard InChI is InChI=1S/C5H11NO.BrH.H3N/c1-6-2-4-7-5-3-6;;/h2-5H2,1H3;1H;1H3. The first-order valence-corrected chi connectivity index (χ1v) is 2.66. The molecule has 0 amide bonds. The number of ether oxygens (including phenoxy) is 1. The summed E-state index contributed by atoms with van der Waals surface area (Å²) in [6.07, 6.45) is 0. The Balaban J connectivity index is 0. The third-order valence-electron chi connectivity index (χ3n) is 1.23. The minimum Gasteiger partial charge on any atom is -0.379 e. The molecule has 1 saturated heterocycles. The number of hydrogen-bond donors (Lipinski definition) is 1. The average molecular weight is 199 g/mol. The second kappa shape index (κ2) is 6.48. The summed E-state index contributed by atoms with van der Waals surface area (Å²) in [7, 11) is 2.11. The fraction of sp³-hybridized carbons (Fsp3) is 1.00. The first-order valence-electron chi connectivity index (χ1n) is 2.66. The van der Waals surface area contributed by atoms with Crippen LogP contribution in [0.2, 0.25) is 0 Å². The molecule has 0 spiro atoms. The van der Waals surface area contributed by atoms with Crippen LogP contribution in [0.5, 0.6) is 0 Å². The molecule has 0 aliphatic carbocycles. The van der Waals surface area contributed by atoms with E-state index in [1.54, 1.807) is 0 Å². The van der Waals surface area contributed by atoms with E-state index >= 15 is 0 Å². The molecule has 1 fully saturated rings. The molecule has 4 heteroatoms. The molecule has 3 nitrogen and oxygen atoms in total. The van der Waals surface area contributed by atoms with Gasteiger partial charge in [-0.25, -0.2) is 0 Å². The fourth-order valence-electron chi connectivity index (χ4n) is 0.655. The van der Waals surface area contributed by atoms with Gasteiger partial charge in [-0.15, -0.1) is 17.0 Å². The lowest BCUT2D eigenvalue weighted by atomic mass is 10.5. The van der Waals surface area contributed by atoms with Gasteiger partial charge in [-0.2, -0.15) is 0 Å². The first kappa shape index (κ1) is 12.1. The van der Waals surface area contributed by atoms with Crippen molar-refractivity contribution in [3.8, 4) is 0 Å². The van der Waals surface area contributed by atoms with E-state index in [0.717, 1.165) is 26.3 Å². The van der Waals surface area contributed by atoms with Gasteiger partial charge in [0.15, 0.2) is 0 Å². The Morgan fingerprint density at radius 3 is 1.89 bits per heavy atom. The first-order chi connectivity index (χ1) is 3.39. The summed E-state index contributed by atoms with van der Waals surface area (Å²) in [6, 6.07) is 0. The molecular formula is C5H15BrN2O. The highest BCUT2D eigenvalue weighted by Crippen LogP contribution is 1.89. The van der Waals surface area contributed by atoms with Gasteiger partial charge >= 0.3 is 0 Å². The predicted molar refractivity (Wildman–Crippen MR) is 43.7 cm³/mol. The van der Waals surface area contributed by atoms with E-state index in [4.69, 9.17) is 4.74 Å². The Morgan fingerprint density at radius 1 is 1.22 bits per heavy atom. The fourth-order valence-corrected chi connectivity index (χ4v) is 0.655. The van der Waals surface area contributed by atoms with E-state index in [2.05, 4.69) is 11.9 Å². The van der Waals surface area contributed by atoms with E-state index in [0.29, 0.717) is 0 Å². The number of halogens is 1. The summed E-state index contributed by atoms with van der Waals surface area (Å²) in [4.78, 5) is 2.27. The van der Waals surface area contributed by atoms with Crippen LogP contribution in [0.15, 0.2) is 0 Å². The van der Waals surface area contributed by atoms with Crippen molar-refractivity contribution in [2.24, 2.45) is 0 Å². The molecule has 0 saturated carbocycles. The van der Waals surface area contributed by atoms with Crippen LogP contribution in [0.4, 0.5) is 0 Å². The molecule has 9 heavy (non-hydrogen) atoms. The quantitative estimate of drug-likeness (QED) is 0.624. The number of morpholine rings is 1. The lowest BCUT2D eigenvalue weighted by Crippen LogP contribution is -2.32. The second-order valence-corrected chi connectivity index (χ2v) is 1.92. The highest BCUT2D eigenvalue weighted by atomic mass is 79.9. The van der Waals surface area contributed by atoms with Crippen LogP contribution in [-0.4, -0.2) is 38.3 Å². The van der Waals surface area contributed by atoms with Gasteiger partial charge in [-0.05, 0) is 7.05 Å². The molecule has 1 heterocycles. The summed E-state index contributed by atoms with van der Waals surface area (Å²) in [5.41, 5.74) is 0. The van der Waals surface area contributed by atoms with Crippen molar-refractivity contribution in [1.29, 1.82) is 0 Å². The van der Waals surface area contributed by atoms with E-state index in [1.807, 2.05) is 0 Å². The zero-order valence-corrected chi connectivity index (χ0v) is 7.51. The third-order valence-corrected chi connectivity index (χ3v) is 1.23. The van der Waals surface area contributed by atoms with Crippen molar-refractivity contribution in [1.82, 2.24) is 11.1 Å². The van der Waals surface area contributed by atoms with Gasteiger partial charge in [0, 0.05) is 13.1 Å². The van der Waals surface area contributed by atoms with Crippen LogP contribution in [-0.2, 0) is 4.74 Å². The lowest BCUT2D eigenvalue weighted by Gasteiger charge is -2.21. The highest BCUT2D eigenvalue weighted by Gasteiger charge is 2.02. The van der Waals surface area contributed by atoms with Gasteiger partial charge in [0.25, 0.3) is 0 Å². The number of nitrogens with zero attached hydrogens (tertiary/aromatic N) is 1. The molecule has 0 atom stereocenters. The predicted octanol–water partition coefficient (Wildman–Crippen LogP) is 0.688. The zero-order valence-electron chi connectivity index (χ0n) is 5.80. The molecule has 3 N–H and O–H groups in total. The maximum atomic E-state index is 5.10. The van der Waals surface area contributed by atoms with Crippen molar-refractivity contribution in [3.05, 3.63) is 0 Å². The summed E-state index contributed by atoms with van der Waals surface area (Å²) >= 11 is 0. The maximum absolute atomic E-state index is 5.10. The normalized spacial score (nSPS) is 19.7. The van der Waals surface area contributed by atoms with Crippen molar-refractivity contribution >= 4 is 17.0 Å². The van der Waals surface area contributed by atoms with E-state index in [-0.39, 0.29) is 23.1 Å². The molecule has 0 aromatic rings. The SMILES string of the molecule is Br.CN1CCOCC1.N.